The van der Waals surface area contributed by atoms with Gasteiger partial charge in [-0.05, 0) is 36.5 Å². The Morgan fingerprint density at radius 2 is 2.20 bits per heavy atom. The van der Waals surface area contributed by atoms with Crippen molar-refractivity contribution in [3.05, 3.63) is 34.8 Å². The largest absolute Gasteiger partial charge is 0.368 e. The highest BCUT2D eigenvalue weighted by molar-refractivity contribution is 7.07. The molecule has 8 heteroatoms. The Kier molecular flexibility index (Phi) is 5.50. The van der Waals surface area contributed by atoms with Crippen LogP contribution in [-0.2, 0) is 4.79 Å². The quantitative estimate of drug-likeness (QED) is 0.843. The number of anilines is 2. The van der Waals surface area contributed by atoms with Crippen LogP contribution in [0.5, 0.6) is 0 Å². The number of hydrogen-bond donors (Lipinski definition) is 1. The Bertz CT molecular complexity index is 705. The minimum atomic E-state index is 0.115. The van der Waals surface area contributed by atoms with Crippen LogP contribution < -0.4 is 10.2 Å². The Balaban J connectivity index is 1.66. The first-order valence-electron chi connectivity index (χ1n) is 8.28. The highest BCUT2D eigenvalue weighted by atomic mass is 32.1. The summed E-state index contributed by atoms with van der Waals surface area (Å²) in [6.45, 7) is 2.62. The molecule has 134 valence electrons. The number of aromatic nitrogens is 2. The fourth-order valence-electron chi connectivity index (χ4n) is 2.84. The molecule has 1 amide bonds. The molecule has 3 rings (SSSR count). The first kappa shape index (κ1) is 17.6. The molecule has 0 spiro atoms. The van der Waals surface area contributed by atoms with Gasteiger partial charge in [-0.3, -0.25) is 4.79 Å². The van der Waals surface area contributed by atoms with Crippen LogP contribution in [0.4, 0.5) is 11.6 Å². The lowest BCUT2D eigenvalue weighted by atomic mass is 10.1. The number of rotatable bonds is 6. The molecule has 25 heavy (non-hydrogen) atoms. The first-order chi connectivity index (χ1) is 12.0. The summed E-state index contributed by atoms with van der Waals surface area (Å²) in [5, 5.41) is 7.67. The molecule has 1 aliphatic rings. The third-order valence-electron chi connectivity index (χ3n) is 4.46. The van der Waals surface area contributed by atoms with Gasteiger partial charge in [0.25, 0.3) is 0 Å². The molecule has 1 saturated heterocycles. The van der Waals surface area contributed by atoms with Gasteiger partial charge in [-0.2, -0.15) is 11.3 Å². The maximum Gasteiger partial charge on any atom is 0.241 e. The van der Waals surface area contributed by atoms with Crippen molar-refractivity contribution in [1.29, 1.82) is 0 Å². The van der Waals surface area contributed by atoms with E-state index >= 15 is 0 Å². The third-order valence-corrected chi connectivity index (χ3v) is 5.16. The molecule has 7 nitrogen and oxygen atoms in total. The normalized spacial score (nSPS) is 16.4. The average molecular weight is 360 g/mol. The summed E-state index contributed by atoms with van der Waals surface area (Å²) in [5.41, 5.74) is 1.29. The predicted molar refractivity (Wildman–Crippen MR) is 101 cm³/mol. The van der Waals surface area contributed by atoms with Gasteiger partial charge < -0.3 is 20.0 Å². The maximum absolute atomic E-state index is 11.9. The van der Waals surface area contributed by atoms with Crippen molar-refractivity contribution in [3.63, 3.8) is 0 Å². The molecule has 2 aromatic rings. The molecule has 2 aromatic heterocycles. The summed E-state index contributed by atoms with van der Waals surface area (Å²) in [6.07, 6.45) is 1.55. The van der Waals surface area contributed by atoms with Crippen molar-refractivity contribution in [2.24, 2.45) is 0 Å². The molecule has 1 fully saturated rings. The van der Waals surface area contributed by atoms with E-state index in [0.29, 0.717) is 13.1 Å². The second-order valence-electron chi connectivity index (χ2n) is 6.42. The summed E-state index contributed by atoms with van der Waals surface area (Å²) in [5.74, 6) is 1.68. The standard InChI is InChI=1S/C17H24N6OS/c1-21(2)14(13-4-7-25-11-13)9-18-15-8-16(20-12-19-15)23-6-5-22(3)17(24)10-23/h4,7-8,11-12,14H,5-6,9-10H2,1-3H3,(H,18,19,20). The van der Waals surface area contributed by atoms with E-state index in [1.165, 1.54) is 5.56 Å². The van der Waals surface area contributed by atoms with Gasteiger partial charge in [0.2, 0.25) is 5.91 Å². The Hall–Kier alpha value is -2.19. The van der Waals surface area contributed by atoms with Crippen molar-refractivity contribution in [3.8, 4) is 0 Å². The predicted octanol–water partition coefficient (Wildman–Crippen LogP) is 1.53. The topological polar surface area (TPSA) is 64.6 Å². The van der Waals surface area contributed by atoms with Crippen LogP contribution in [0.3, 0.4) is 0 Å². The number of amides is 1. The lowest BCUT2D eigenvalue weighted by molar-refractivity contribution is -0.129. The molecule has 0 aliphatic carbocycles. The van der Waals surface area contributed by atoms with E-state index in [9.17, 15) is 4.79 Å². The molecular weight excluding hydrogens is 336 g/mol. The van der Waals surface area contributed by atoms with E-state index in [-0.39, 0.29) is 11.9 Å². The second kappa shape index (κ2) is 7.79. The Morgan fingerprint density at radius 3 is 2.88 bits per heavy atom. The van der Waals surface area contributed by atoms with Crippen LogP contribution in [0.2, 0.25) is 0 Å². The molecular formula is C17H24N6OS. The van der Waals surface area contributed by atoms with Gasteiger partial charge in [0.05, 0.1) is 12.6 Å². The van der Waals surface area contributed by atoms with Gasteiger partial charge in [-0.1, -0.05) is 0 Å². The SMILES string of the molecule is CN1CCN(c2cc(NCC(c3ccsc3)N(C)C)ncn2)CC1=O. The number of nitrogens with one attached hydrogen (secondary N) is 1. The van der Waals surface area contributed by atoms with Gasteiger partial charge in [0, 0.05) is 32.7 Å². The van der Waals surface area contributed by atoms with Gasteiger partial charge in [-0.15, -0.1) is 0 Å². The van der Waals surface area contributed by atoms with E-state index in [2.05, 4.69) is 51.1 Å². The molecule has 1 atom stereocenters. The molecule has 1 N–H and O–H groups in total. The van der Waals surface area contributed by atoms with Crippen LogP contribution >= 0.6 is 11.3 Å². The first-order valence-corrected chi connectivity index (χ1v) is 9.22. The summed E-state index contributed by atoms with van der Waals surface area (Å²) in [4.78, 5) is 26.5. The third kappa shape index (κ3) is 4.26. The van der Waals surface area contributed by atoms with Gasteiger partial charge >= 0.3 is 0 Å². The Labute approximate surface area is 152 Å². The zero-order valence-electron chi connectivity index (χ0n) is 14.8. The molecule has 0 radical (unpaired) electrons. The fraction of sp³-hybridized carbons (Fsp3) is 0.471. The minimum absolute atomic E-state index is 0.115. The van der Waals surface area contributed by atoms with Crippen LogP contribution in [0.15, 0.2) is 29.2 Å². The number of nitrogens with zero attached hydrogens (tertiary/aromatic N) is 5. The van der Waals surface area contributed by atoms with Crippen LogP contribution in [-0.4, -0.2) is 73.0 Å². The van der Waals surface area contributed by atoms with Crippen LogP contribution in [0, 0.1) is 0 Å². The average Bonchev–Trinajstić information content (AvgIpc) is 3.12. The summed E-state index contributed by atoms with van der Waals surface area (Å²) < 4.78 is 0. The zero-order valence-corrected chi connectivity index (χ0v) is 15.7. The molecule has 0 saturated carbocycles. The molecule has 0 bridgehead atoms. The monoisotopic (exact) mass is 360 g/mol. The van der Waals surface area contributed by atoms with Crippen molar-refractivity contribution in [2.75, 3.05) is 57.5 Å². The summed E-state index contributed by atoms with van der Waals surface area (Å²) >= 11 is 1.71. The van der Waals surface area contributed by atoms with E-state index in [0.717, 1.165) is 24.7 Å². The maximum atomic E-state index is 11.9. The van der Waals surface area contributed by atoms with Crippen molar-refractivity contribution in [1.82, 2.24) is 19.8 Å². The number of carbonyl (C=O) groups is 1. The van der Waals surface area contributed by atoms with E-state index in [1.807, 2.05) is 18.0 Å². The lowest BCUT2D eigenvalue weighted by Crippen LogP contribution is -2.48. The number of piperazine rings is 1. The highest BCUT2D eigenvalue weighted by Gasteiger charge is 2.22. The molecule has 1 unspecified atom stereocenters. The summed E-state index contributed by atoms with van der Waals surface area (Å²) in [6, 6.07) is 4.34. The minimum Gasteiger partial charge on any atom is -0.368 e. The van der Waals surface area contributed by atoms with E-state index in [4.69, 9.17) is 0 Å². The number of carbonyl (C=O) groups excluding carboxylic acids is 1. The number of hydrogen-bond acceptors (Lipinski definition) is 7. The second-order valence-corrected chi connectivity index (χ2v) is 7.20. The summed E-state index contributed by atoms with van der Waals surface area (Å²) in [7, 11) is 5.98. The van der Waals surface area contributed by atoms with Gasteiger partial charge in [-0.25, -0.2) is 9.97 Å². The van der Waals surface area contributed by atoms with Crippen molar-refractivity contribution in [2.45, 2.75) is 6.04 Å². The zero-order chi connectivity index (χ0) is 17.8. The van der Waals surface area contributed by atoms with E-state index < -0.39 is 0 Å². The highest BCUT2D eigenvalue weighted by Crippen LogP contribution is 2.22. The molecule has 0 aromatic carbocycles. The number of thiophene rings is 1. The van der Waals surface area contributed by atoms with E-state index in [1.54, 1.807) is 22.6 Å². The molecule has 1 aliphatic heterocycles. The van der Waals surface area contributed by atoms with Crippen molar-refractivity contribution >= 4 is 28.9 Å². The molecule has 3 heterocycles. The van der Waals surface area contributed by atoms with Crippen LogP contribution in [0.1, 0.15) is 11.6 Å². The smallest absolute Gasteiger partial charge is 0.241 e. The lowest BCUT2D eigenvalue weighted by Gasteiger charge is -2.32. The fourth-order valence-corrected chi connectivity index (χ4v) is 3.54. The van der Waals surface area contributed by atoms with Gasteiger partial charge in [0.1, 0.15) is 18.0 Å². The van der Waals surface area contributed by atoms with Crippen LogP contribution in [0.25, 0.3) is 0 Å². The Morgan fingerprint density at radius 1 is 1.36 bits per heavy atom. The van der Waals surface area contributed by atoms with Gasteiger partial charge in [0.15, 0.2) is 0 Å². The number of likely N-dealkylation sites (N-methyl/N-ethyl adjacent to an activating group) is 2. The van der Waals surface area contributed by atoms with Crippen molar-refractivity contribution < 1.29 is 4.79 Å².